The van der Waals surface area contributed by atoms with Crippen LogP contribution in [0.2, 0.25) is 0 Å². The standard InChI is InChI=1S/C13H14N2OS/c1-15(2)13(16)11-5-3-4-10(6-11)7-12-8-14-9-17-12/h3-6,8-9H,7H2,1-2H3. The normalized spacial score (nSPS) is 10.2. The van der Waals surface area contributed by atoms with Crippen LogP contribution < -0.4 is 0 Å². The second-order valence-electron chi connectivity index (χ2n) is 4.04. The van der Waals surface area contributed by atoms with Crippen LogP contribution in [0.15, 0.2) is 36.0 Å². The fourth-order valence-corrected chi connectivity index (χ4v) is 2.23. The van der Waals surface area contributed by atoms with Gasteiger partial charge >= 0.3 is 0 Å². The molecule has 0 fully saturated rings. The Balaban J connectivity index is 2.20. The lowest BCUT2D eigenvalue weighted by Gasteiger charge is -2.10. The van der Waals surface area contributed by atoms with E-state index in [1.807, 2.05) is 36.0 Å². The Kier molecular flexibility index (Phi) is 3.54. The van der Waals surface area contributed by atoms with Crippen molar-refractivity contribution < 1.29 is 4.79 Å². The van der Waals surface area contributed by atoms with Crippen LogP contribution >= 0.6 is 11.3 Å². The molecule has 0 aliphatic carbocycles. The highest BCUT2D eigenvalue weighted by Crippen LogP contribution is 2.15. The van der Waals surface area contributed by atoms with Gasteiger partial charge in [-0.05, 0) is 17.7 Å². The third kappa shape index (κ3) is 2.91. The average Bonchev–Trinajstić information content (AvgIpc) is 2.81. The second-order valence-corrected chi connectivity index (χ2v) is 5.02. The fourth-order valence-electron chi connectivity index (χ4n) is 1.60. The Morgan fingerprint density at radius 1 is 1.41 bits per heavy atom. The summed E-state index contributed by atoms with van der Waals surface area (Å²) in [6.45, 7) is 0. The van der Waals surface area contributed by atoms with Gasteiger partial charge in [0.05, 0.1) is 5.51 Å². The van der Waals surface area contributed by atoms with E-state index < -0.39 is 0 Å². The SMILES string of the molecule is CN(C)C(=O)c1cccc(Cc2cncs2)c1. The summed E-state index contributed by atoms with van der Waals surface area (Å²) >= 11 is 1.63. The summed E-state index contributed by atoms with van der Waals surface area (Å²) in [4.78, 5) is 18.7. The molecule has 0 unspecified atom stereocenters. The number of carbonyl (C=O) groups is 1. The molecule has 4 heteroatoms. The summed E-state index contributed by atoms with van der Waals surface area (Å²) in [6, 6.07) is 7.75. The lowest BCUT2D eigenvalue weighted by atomic mass is 10.1. The fraction of sp³-hybridized carbons (Fsp3) is 0.231. The molecule has 3 nitrogen and oxygen atoms in total. The third-order valence-electron chi connectivity index (χ3n) is 2.44. The molecular formula is C13H14N2OS. The lowest BCUT2D eigenvalue weighted by molar-refractivity contribution is 0.0827. The van der Waals surface area contributed by atoms with Crippen LogP contribution in [0, 0.1) is 0 Å². The predicted molar refractivity (Wildman–Crippen MR) is 69.4 cm³/mol. The van der Waals surface area contributed by atoms with E-state index in [-0.39, 0.29) is 5.91 Å². The number of hydrogen-bond donors (Lipinski definition) is 0. The molecule has 0 atom stereocenters. The number of nitrogens with zero attached hydrogens (tertiary/aromatic N) is 2. The minimum absolute atomic E-state index is 0.0381. The van der Waals surface area contributed by atoms with Crippen molar-refractivity contribution in [3.8, 4) is 0 Å². The molecule has 0 N–H and O–H groups in total. The number of rotatable bonds is 3. The van der Waals surface area contributed by atoms with Crippen molar-refractivity contribution in [3.63, 3.8) is 0 Å². The van der Waals surface area contributed by atoms with Gasteiger partial charge in [0, 0.05) is 37.2 Å². The zero-order chi connectivity index (χ0) is 12.3. The maximum absolute atomic E-state index is 11.8. The number of amides is 1. The van der Waals surface area contributed by atoms with E-state index >= 15 is 0 Å². The number of aromatic nitrogens is 1. The summed E-state index contributed by atoms with van der Waals surface area (Å²) < 4.78 is 0. The average molecular weight is 246 g/mol. The zero-order valence-corrected chi connectivity index (χ0v) is 10.7. The molecule has 17 heavy (non-hydrogen) atoms. The summed E-state index contributed by atoms with van der Waals surface area (Å²) in [5.41, 5.74) is 3.70. The van der Waals surface area contributed by atoms with E-state index in [0.29, 0.717) is 0 Å². The molecule has 0 saturated heterocycles. The Hall–Kier alpha value is -1.68. The van der Waals surface area contributed by atoms with E-state index in [0.717, 1.165) is 17.5 Å². The molecule has 88 valence electrons. The van der Waals surface area contributed by atoms with Gasteiger partial charge in [-0.2, -0.15) is 0 Å². The van der Waals surface area contributed by atoms with E-state index in [2.05, 4.69) is 4.98 Å². The van der Waals surface area contributed by atoms with Crippen molar-refractivity contribution >= 4 is 17.2 Å². The molecule has 1 amide bonds. The third-order valence-corrected chi connectivity index (χ3v) is 3.22. The smallest absolute Gasteiger partial charge is 0.253 e. The molecule has 0 aliphatic rings. The van der Waals surface area contributed by atoms with Gasteiger partial charge in [-0.15, -0.1) is 11.3 Å². The Morgan fingerprint density at radius 3 is 2.88 bits per heavy atom. The van der Waals surface area contributed by atoms with Crippen molar-refractivity contribution in [2.24, 2.45) is 0 Å². The molecule has 0 spiro atoms. The molecule has 2 aromatic rings. The second kappa shape index (κ2) is 5.10. The van der Waals surface area contributed by atoms with Crippen LogP contribution in [-0.4, -0.2) is 29.9 Å². The quantitative estimate of drug-likeness (QED) is 0.833. The molecule has 0 aliphatic heterocycles. The molecule has 1 aromatic heterocycles. The molecule has 2 rings (SSSR count). The van der Waals surface area contributed by atoms with Crippen molar-refractivity contribution in [1.82, 2.24) is 9.88 Å². The van der Waals surface area contributed by atoms with Gasteiger partial charge in [-0.25, -0.2) is 0 Å². The molecule has 1 aromatic carbocycles. The summed E-state index contributed by atoms with van der Waals surface area (Å²) in [6.07, 6.45) is 2.70. The van der Waals surface area contributed by atoms with E-state index in [4.69, 9.17) is 0 Å². The lowest BCUT2D eigenvalue weighted by Crippen LogP contribution is -2.21. The van der Waals surface area contributed by atoms with Crippen LogP contribution in [-0.2, 0) is 6.42 Å². The first-order valence-electron chi connectivity index (χ1n) is 5.35. The summed E-state index contributed by atoms with van der Waals surface area (Å²) in [5, 5.41) is 0. The maximum atomic E-state index is 11.8. The molecular weight excluding hydrogens is 232 g/mol. The van der Waals surface area contributed by atoms with E-state index in [1.54, 1.807) is 30.3 Å². The largest absolute Gasteiger partial charge is 0.345 e. The van der Waals surface area contributed by atoms with Crippen molar-refractivity contribution in [3.05, 3.63) is 52.0 Å². The van der Waals surface area contributed by atoms with Crippen LogP contribution in [0.5, 0.6) is 0 Å². The van der Waals surface area contributed by atoms with Crippen molar-refractivity contribution in [2.45, 2.75) is 6.42 Å². The number of hydrogen-bond acceptors (Lipinski definition) is 3. The highest BCUT2D eigenvalue weighted by Gasteiger charge is 2.08. The van der Waals surface area contributed by atoms with E-state index in [9.17, 15) is 4.79 Å². The monoisotopic (exact) mass is 246 g/mol. The number of thiazole rings is 1. The van der Waals surface area contributed by atoms with Crippen LogP contribution in [0.3, 0.4) is 0 Å². The van der Waals surface area contributed by atoms with E-state index in [1.165, 1.54) is 4.88 Å². The number of benzene rings is 1. The predicted octanol–water partition coefficient (Wildman–Crippen LogP) is 2.44. The minimum Gasteiger partial charge on any atom is -0.345 e. The van der Waals surface area contributed by atoms with Crippen molar-refractivity contribution in [1.29, 1.82) is 0 Å². The first-order chi connectivity index (χ1) is 8.16. The Morgan fingerprint density at radius 2 is 2.24 bits per heavy atom. The summed E-state index contributed by atoms with van der Waals surface area (Å²) in [7, 11) is 3.52. The highest BCUT2D eigenvalue weighted by atomic mass is 32.1. The topological polar surface area (TPSA) is 33.2 Å². The molecule has 1 heterocycles. The van der Waals surface area contributed by atoms with Gasteiger partial charge in [0.15, 0.2) is 0 Å². The Bertz CT molecular complexity index is 506. The van der Waals surface area contributed by atoms with Gasteiger partial charge in [0.2, 0.25) is 0 Å². The van der Waals surface area contributed by atoms with Gasteiger partial charge in [-0.3, -0.25) is 9.78 Å². The van der Waals surface area contributed by atoms with Crippen LogP contribution in [0.1, 0.15) is 20.8 Å². The van der Waals surface area contributed by atoms with Gasteiger partial charge < -0.3 is 4.90 Å². The molecule has 0 bridgehead atoms. The summed E-state index contributed by atoms with van der Waals surface area (Å²) in [5.74, 6) is 0.0381. The molecule has 0 saturated carbocycles. The first-order valence-corrected chi connectivity index (χ1v) is 6.23. The van der Waals surface area contributed by atoms with Crippen LogP contribution in [0.25, 0.3) is 0 Å². The molecule has 0 radical (unpaired) electrons. The van der Waals surface area contributed by atoms with Gasteiger partial charge in [0.1, 0.15) is 0 Å². The van der Waals surface area contributed by atoms with Gasteiger partial charge in [0.25, 0.3) is 5.91 Å². The maximum Gasteiger partial charge on any atom is 0.253 e. The number of carbonyl (C=O) groups excluding carboxylic acids is 1. The highest BCUT2D eigenvalue weighted by molar-refractivity contribution is 7.09. The first kappa shape index (κ1) is 11.8. The van der Waals surface area contributed by atoms with Gasteiger partial charge in [-0.1, -0.05) is 12.1 Å². The van der Waals surface area contributed by atoms with Crippen LogP contribution in [0.4, 0.5) is 0 Å². The Labute approximate surface area is 105 Å². The van der Waals surface area contributed by atoms with Crippen molar-refractivity contribution in [2.75, 3.05) is 14.1 Å². The minimum atomic E-state index is 0.0381. The zero-order valence-electron chi connectivity index (χ0n) is 9.88.